The van der Waals surface area contributed by atoms with E-state index in [0.29, 0.717) is 0 Å². The number of nitrogens with one attached hydrogen (secondary N) is 2. The average molecular weight is 279 g/mol. The highest BCUT2D eigenvalue weighted by Crippen LogP contribution is 1.90. The van der Waals surface area contributed by atoms with Crippen LogP contribution in [0.3, 0.4) is 0 Å². The fourth-order valence-electron chi connectivity index (χ4n) is 1.01. The van der Waals surface area contributed by atoms with Gasteiger partial charge in [0, 0.05) is 0 Å². The Bertz CT molecular complexity index is 336. The largest absolute Gasteiger partial charge is 0.480 e. The van der Waals surface area contributed by atoms with Gasteiger partial charge in [0.25, 0.3) is 0 Å². The predicted octanol–water partition coefficient (Wildman–Crippen LogP) is -4.66. The lowest BCUT2D eigenvalue weighted by Gasteiger charge is -2.20. The quantitative estimate of drug-likeness (QED) is 0.231. The van der Waals surface area contributed by atoms with Crippen molar-refractivity contribution < 1.29 is 34.8 Å². The highest BCUT2D eigenvalue weighted by molar-refractivity contribution is 5.91. The van der Waals surface area contributed by atoms with Crippen LogP contribution in [0.4, 0.5) is 0 Å². The van der Waals surface area contributed by atoms with Gasteiger partial charge in [-0.05, 0) is 0 Å². The molecular formula is C9H17N3O7. The monoisotopic (exact) mass is 279 g/mol. The first-order valence-electron chi connectivity index (χ1n) is 5.29. The van der Waals surface area contributed by atoms with Gasteiger partial charge in [-0.15, -0.1) is 0 Å². The summed E-state index contributed by atoms with van der Waals surface area (Å²) in [7, 11) is 0. The molecule has 110 valence electrons. The van der Waals surface area contributed by atoms with Crippen LogP contribution in [0.15, 0.2) is 0 Å². The molecule has 0 aliphatic rings. The molecular weight excluding hydrogens is 262 g/mol. The fourth-order valence-corrected chi connectivity index (χ4v) is 1.01. The van der Waals surface area contributed by atoms with Gasteiger partial charge in [0.1, 0.15) is 18.1 Å². The smallest absolute Gasteiger partial charge is 0.328 e. The standard InChI is InChI=1S/C9H17N3O7/c10-4(1-13)7(16)11-5(2-14)8(17)12-6(3-15)9(18)19/h4-6,13-15H,1-3,10H2,(H,11,16)(H,12,17)(H,18,19)/t4-,5+,6+/m1/s1. The highest BCUT2D eigenvalue weighted by Gasteiger charge is 2.26. The summed E-state index contributed by atoms with van der Waals surface area (Å²) >= 11 is 0. The third-order valence-electron chi connectivity index (χ3n) is 2.15. The van der Waals surface area contributed by atoms with Crippen molar-refractivity contribution in [2.75, 3.05) is 19.8 Å². The maximum atomic E-state index is 11.5. The molecule has 0 heterocycles. The molecule has 0 bridgehead atoms. The molecule has 0 unspecified atom stereocenters. The van der Waals surface area contributed by atoms with Crippen LogP contribution in [0.1, 0.15) is 0 Å². The summed E-state index contributed by atoms with van der Waals surface area (Å²) in [5, 5.41) is 38.8. The molecule has 2 amide bonds. The molecule has 0 radical (unpaired) electrons. The maximum Gasteiger partial charge on any atom is 0.328 e. The number of carbonyl (C=O) groups is 3. The first kappa shape index (κ1) is 17.2. The number of hydrogen-bond acceptors (Lipinski definition) is 7. The minimum atomic E-state index is -1.55. The van der Waals surface area contributed by atoms with E-state index in [2.05, 4.69) is 0 Å². The van der Waals surface area contributed by atoms with Gasteiger partial charge in [-0.1, -0.05) is 0 Å². The summed E-state index contributed by atoms with van der Waals surface area (Å²) < 4.78 is 0. The highest BCUT2D eigenvalue weighted by atomic mass is 16.4. The van der Waals surface area contributed by atoms with Crippen molar-refractivity contribution in [3.8, 4) is 0 Å². The number of nitrogens with two attached hydrogens (primary N) is 1. The Labute approximate surface area is 108 Å². The molecule has 0 aromatic carbocycles. The summed E-state index contributed by atoms with van der Waals surface area (Å²) in [5.74, 6) is -3.35. The van der Waals surface area contributed by atoms with Crippen LogP contribution >= 0.6 is 0 Å². The third kappa shape index (κ3) is 5.61. The molecule has 0 saturated carbocycles. The molecule has 0 saturated heterocycles. The van der Waals surface area contributed by atoms with Crippen molar-refractivity contribution in [1.29, 1.82) is 0 Å². The Balaban J connectivity index is 4.56. The summed E-state index contributed by atoms with van der Waals surface area (Å²) in [6.45, 7) is -2.29. The third-order valence-corrected chi connectivity index (χ3v) is 2.15. The Morgan fingerprint density at radius 3 is 1.74 bits per heavy atom. The van der Waals surface area contributed by atoms with Crippen molar-refractivity contribution in [3.05, 3.63) is 0 Å². The summed E-state index contributed by atoms with van der Waals surface area (Å²) in [6.07, 6.45) is 0. The van der Waals surface area contributed by atoms with Crippen molar-refractivity contribution in [2.45, 2.75) is 18.1 Å². The van der Waals surface area contributed by atoms with Crippen LogP contribution in [0.2, 0.25) is 0 Å². The lowest BCUT2D eigenvalue weighted by molar-refractivity contribution is -0.143. The second-order valence-corrected chi connectivity index (χ2v) is 3.61. The minimum Gasteiger partial charge on any atom is -0.480 e. The van der Waals surface area contributed by atoms with Gasteiger partial charge < -0.3 is 36.8 Å². The number of amides is 2. The van der Waals surface area contributed by atoms with Crippen LogP contribution in [-0.2, 0) is 14.4 Å². The van der Waals surface area contributed by atoms with E-state index in [1.807, 2.05) is 10.6 Å². The molecule has 0 aromatic heterocycles. The van der Waals surface area contributed by atoms with E-state index in [9.17, 15) is 14.4 Å². The van der Waals surface area contributed by atoms with Gasteiger partial charge in [-0.3, -0.25) is 9.59 Å². The molecule has 8 N–H and O–H groups in total. The van der Waals surface area contributed by atoms with Gasteiger partial charge in [0.05, 0.1) is 19.8 Å². The Morgan fingerprint density at radius 2 is 1.37 bits per heavy atom. The van der Waals surface area contributed by atoms with Gasteiger partial charge in [-0.25, -0.2) is 4.79 Å². The number of aliphatic carboxylic acids is 1. The lowest BCUT2D eigenvalue weighted by atomic mass is 10.2. The van der Waals surface area contributed by atoms with E-state index in [1.165, 1.54) is 0 Å². The molecule has 19 heavy (non-hydrogen) atoms. The molecule has 10 heteroatoms. The fraction of sp³-hybridized carbons (Fsp3) is 0.667. The number of aliphatic hydroxyl groups excluding tert-OH is 3. The Morgan fingerprint density at radius 1 is 0.895 bits per heavy atom. The van der Waals surface area contributed by atoms with Gasteiger partial charge in [0.2, 0.25) is 11.8 Å². The first-order valence-corrected chi connectivity index (χ1v) is 5.29. The molecule has 10 nitrogen and oxygen atoms in total. The molecule has 0 rings (SSSR count). The molecule has 0 aromatic rings. The number of rotatable bonds is 8. The van der Waals surface area contributed by atoms with Crippen LogP contribution in [0, 0.1) is 0 Å². The van der Waals surface area contributed by atoms with E-state index in [1.54, 1.807) is 0 Å². The zero-order valence-electron chi connectivity index (χ0n) is 9.94. The molecule has 0 aliphatic carbocycles. The number of hydrogen-bond donors (Lipinski definition) is 7. The zero-order chi connectivity index (χ0) is 15.0. The average Bonchev–Trinajstić information content (AvgIpc) is 2.39. The van der Waals surface area contributed by atoms with E-state index in [-0.39, 0.29) is 0 Å². The van der Waals surface area contributed by atoms with E-state index in [4.69, 9.17) is 26.2 Å². The molecule has 0 spiro atoms. The van der Waals surface area contributed by atoms with E-state index < -0.39 is 55.7 Å². The topological polar surface area (TPSA) is 182 Å². The normalized spacial score (nSPS) is 15.2. The molecule has 3 atom stereocenters. The predicted molar refractivity (Wildman–Crippen MR) is 60.7 cm³/mol. The number of carboxylic acid groups (broad SMARTS) is 1. The lowest BCUT2D eigenvalue weighted by Crippen LogP contribution is -2.56. The summed E-state index contributed by atoms with van der Waals surface area (Å²) in [5.41, 5.74) is 5.19. The van der Waals surface area contributed by atoms with E-state index >= 15 is 0 Å². The molecule has 0 fully saturated rings. The molecule has 0 aliphatic heterocycles. The summed E-state index contributed by atoms with van der Waals surface area (Å²) in [4.78, 5) is 33.4. The van der Waals surface area contributed by atoms with Crippen LogP contribution in [-0.4, -0.2) is 76.2 Å². The Kier molecular flexibility index (Phi) is 7.60. The van der Waals surface area contributed by atoms with Crippen molar-refractivity contribution in [1.82, 2.24) is 10.6 Å². The zero-order valence-corrected chi connectivity index (χ0v) is 9.94. The first-order chi connectivity index (χ1) is 8.87. The SMILES string of the molecule is N[C@H](CO)C(=O)N[C@@H](CO)C(=O)N[C@@H](CO)C(=O)O. The minimum absolute atomic E-state index is 0.653. The number of carbonyl (C=O) groups excluding carboxylic acids is 2. The maximum absolute atomic E-state index is 11.5. The van der Waals surface area contributed by atoms with Gasteiger partial charge in [-0.2, -0.15) is 0 Å². The van der Waals surface area contributed by atoms with Crippen LogP contribution in [0.25, 0.3) is 0 Å². The second-order valence-electron chi connectivity index (χ2n) is 3.61. The van der Waals surface area contributed by atoms with Gasteiger partial charge in [0.15, 0.2) is 0 Å². The number of carboxylic acids is 1. The Hall–Kier alpha value is -1.75. The van der Waals surface area contributed by atoms with Crippen molar-refractivity contribution in [2.24, 2.45) is 5.73 Å². The second kappa shape index (κ2) is 8.37. The van der Waals surface area contributed by atoms with Gasteiger partial charge >= 0.3 is 5.97 Å². The van der Waals surface area contributed by atoms with Crippen LogP contribution < -0.4 is 16.4 Å². The van der Waals surface area contributed by atoms with Crippen molar-refractivity contribution >= 4 is 17.8 Å². The summed E-state index contributed by atoms with van der Waals surface area (Å²) in [6, 6.07) is -4.25. The van der Waals surface area contributed by atoms with Crippen molar-refractivity contribution in [3.63, 3.8) is 0 Å². The van der Waals surface area contributed by atoms with Crippen LogP contribution in [0.5, 0.6) is 0 Å². The number of aliphatic hydroxyl groups is 3. The van der Waals surface area contributed by atoms with E-state index in [0.717, 1.165) is 0 Å².